The molecule has 3 rings (SSSR count). The molecule has 2 aromatic rings. The fraction of sp³-hybridized carbons (Fsp3) is 0.300. The van der Waals surface area contributed by atoms with Crippen molar-refractivity contribution in [2.45, 2.75) is 20.3 Å². The molecular formula is C20H22N2O3. The molecule has 25 heavy (non-hydrogen) atoms. The van der Waals surface area contributed by atoms with E-state index in [9.17, 15) is 9.59 Å². The van der Waals surface area contributed by atoms with Crippen molar-refractivity contribution in [1.82, 2.24) is 9.88 Å². The van der Waals surface area contributed by atoms with Crippen molar-refractivity contribution in [2.24, 2.45) is 0 Å². The number of nitrogens with one attached hydrogen (secondary N) is 1. The van der Waals surface area contributed by atoms with E-state index < -0.39 is 0 Å². The van der Waals surface area contributed by atoms with Crippen LogP contribution in [0, 0.1) is 6.92 Å². The summed E-state index contributed by atoms with van der Waals surface area (Å²) in [4.78, 5) is 29.5. The van der Waals surface area contributed by atoms with Gasteiger partial charge in [-0.3, -0.25) is 9.59 Å². The van der Waals surface area contributed by atoms with E-state index in [2.05, 4.69) is 4.98 Å². The molecule has 5 nitrogen and oxygen atoms in total. The maximum Gasteiger partial charge on any atom is 0.261 e. The molecule has 1 aliphatic heterocycles. The maximum absolute atomic E-state index is 12.8. The summed E-state index contributed by atoms with van der Waals surface area (Å²) in [6.45, 7) is 4.87. The Hall–Kier alpha value is -2.82. The van der Waals surface area contributed by atoms with Crippen molar-refractivity contribution in [3.05, 3.63) is 69.1 Å². The molecule has 0 saturated carbocycles. The molecule has 1 aromatic carbocycles. The summed E-state index contributed by atoms with van der Waals surface area (Å²) in [5.41, 5.74) is 3.78. The highest BCUT2D eigenvalue weighted by molar-refractivity contribution is 5.96. The third kappa shape index (κ3) is 3.36. The van der Waals surface area contributed by atoms with E-state index in [0.717, 1.165) is 34.6 Å². The maximum atomic E-state index is 12.8. The number of hydrogen-bond acceptors (Lipinski definition) is 3. The summed E-state index contributed by atoms with van der Waals surface area (Å²) in [6, 6.07) is 9.46. The lowest BCUT2D eigenvalue weighted by Gasteiger charge is -2.17. The summed E-state index contributed by atoms with van der Waals surface area (Å²) >= 11 is 0. The van der Waals surface area contributed by atoms with E-state index >= 15 is 0 Å². The molecule has 1 aromatic heterocycles. The first-order valence-electron chi connectivity index (χ1n) is 8.39. The van der Waals surface area contributed by atoms with Gasteiger partial charge in [-0.25, -0.2) is 0 Å². The van der Waals surface area contributed by atoms with Gasteiger partial charge < -0.3 is 14.6 Å². The van der Waals surface area contributed by atoms with Crippen molar-refractivity contribution in [3.8, 4) is 5.75 Å². The minimum absolute atomic E-state index is 0.204. The number of aromatic nitrogens is 1. The Morgan fingerprint density at radius 2 is 2.12 bits per heavy atom. The zero-order chi connectivity index (χ0) is 18.0. The van der Waals surface area contributed by atoms with Crippen molar-refractivity contribution < 1.29 is 9.53 Å². The number of rotatable bonds is 4. The lowest BCUT2D eigenvalue weighted by molar-refractivity contribution is 0.0799. The second-order valence-corrected chi connectivity index (χ2v) is 6.17. The monoisotopic (exact) mass is 338 g/mol. The Kier molecular flexibility index (Phi) is 4.74. The van der Waals surface area contributed by atoms with Gasteiger partial charge in [-0.2, -0.15) is 0 Å². The fourth-order valence-electron chi connectivity index (χ4n) is 3.11. The smallest absolute Gasteiger partial charge is 0.261 e. The quantitative estimate of drug-likeness (QED) is 0.932. The Labute approximate surface area is 146 Å². The van der Waals surface area contributed by atoms with Crippen LogP contribution in [0.5, 0.6) is 5.75 Å². The van der Waals surface area contributed by atoms with E-state index in [1.165, 1.54) is 0 Å². The minimum atomic E-state index is -0.317. The molecule has 0 atom stereocenters. The number of carbonyl (C=O) groups excluding carboxylic acids is 1. The van der Waals surface area contributed by atoms with Gasteiger partial charge >= 0.3 is 0 Å². The number of amides is 1. The van der Waals surface area contributed by atoms with Crippen molar-refractivity contribution >= 4 is 11.5 Å². The van der Waals surface area contributed by atoms with Crippen molar-refractivity contribution in [1.29, 1.82) is 0 Å². The largest absolute Gasteiger partial charge is 0.497 e. The molecule has 1 N–H and O–H groups in total. The van der Waals surface area contributed by atoms with Gasteiger partial charge in [0.2, 0.25) is 0 Å². The van der Waals surface area contributed by atoms with Gasteiger partial charge in [-0.05, 0) is 48.2 Å². The van der Waals surface area contributed by atoms with Crippen LogP contribution in [0.15, 0.2) is 41.2 Å². The summed E-state index contributed by atoms with van der Waals surface area (Å²) in [5, 5.41) is 0. The van der Waals surface area contributed by atoms with Crippen molar-refractivity contribution in [2.75, 3.05) is 20.2 Å². The molecule has 1 aliphatic rings. The number of methoxy groups -OCH3 is 1. The van der Waals surface area contributed by atoms with E-state index in [-0.39, 0.29) is 17.0 Å². The lowest BCUT2D eigenvalue weighted by Crippen LogP contribution is -2.33. The molecule has 0 bridgehead atoms. The number of hydrogen-bond donors (Lipinski definition) is 1. The third-order valence-corrected chi connectivity index (χ3v) is 4.58. The number of ether oxygens (including phenoxy) is 1. The topological polar surface area (TPSA) is 62.4 Å². The van der Waals surface area contributed by atoms with Gasteiger partial charge in [0, 0.05) is 18.8 Å². The van der Waals surface area contributed by atoms with Gasteiger partial charge in [0.05, 0.1) is 7.11 Å². The zero-order valence-corrected chi connectivity index (χ0v) is 14.8. The highest BCUT2D eigenvalue weighted by Crippen LogP contribution is 2.25. The standard InChI is InChI=1S/C20H22N2O3/c1-4-18-13(2)10-17(19(23)21-18)20(24)22-9-8-15(12-22)14-6-5-7-16(11-14)25-3/h5-8,10-11H,4,9,12H2,1-3H3,(H,21,23). The van der Waals surface area contributed by atoms with Crippen LogP contribution in [0.2, 0.25) is 0 Å². The SMILES string of the molecule is CCc1[nH]c(=O)c(C(=O)N2CC=C(c3cccc(OC)c3)C2)cc1C. The summed E-state index contributed by atoms with van der Waals surface area (Å²) in [6.07, 6.45) is 2.76. The Morgan fingerprint density at radius 1 is 1.32 bits per heavy atom. The Bertz CT molecular complexity index is 896. The molecule has 5 heteroatoms. The van der Waals surface area contributed by atoms with Crippen LogP contribution in [0.25, 0.3) is 5.57 Å². The summed E-state index contributed by atoms with van der Waals surface area (Å²) < 4.78 is 5.26. The predicted molar refractivity (Wildman–Crippen MR) is 98.1 cm³/mol. The van der Waals surface area contributed by atoms with E-state index in [0.29, 0.717) is 13.1 Å². The van der Waals surface area contributed by atoms with Crippen LogP contribution < -0.4 is 10.3 Å². The van der Waals surface area contributed by atoms with Gasteiger partial charge in [-0.15, -0.1) is 0 Å². The second-order valence-electron chi connectivity index (χ2n) is 6.17. The lowest BCUT2D eigenvalue weighted by atomic mass is 10.1. The first-order chi connectivity index (χ1) is 12.0. The van der Waals surface area contributed by atoms with E-state index in [4.69, 9.17) is 4.74 Å². The highest BCUT2D eigenvalue weighted by atomic mass is 16.5. The molecule has 1 amide bonds. The number of H-pyrrole nitrogens is 1. The van der Waals surface area contributed by atoms with Crippen LogP contribution in [-0.2, 0) is 6.42 Å². The van der Waals surface area contributed by atoms with Crippen LogP contribution in [-0.4, -0.2) is 36.0 Å². The normalized spacial score (nSPS) is 13.7. The van der Waals surface area contributed by atoms with E-state index in [1.54, 1.807) is 18.1 Å². The van der Waals surface area contributed by atoms with Crippen LogP contribution in [0.1, 0.15) is 34.1 Å². The minimum Gasteiger partial charge on any atom is -0.497 e. The van der Waals surface area contributed by atoms with Crippen LogP contribution >= 0.6 is 0 Å². The number of benzene rings is 1. The summed E-state index contributed by atoms with van der Waals surface area (Å²) in [5.74, 6) is 0.548. The highest BCUT2D eigenvalue weighted by Gasteiger charge is 2.24. The molecule has 0 unspecified atom stereocenters. The first-order valence-corrected chi connectivity index (χ1v) is 8.39. The molecule has 2 heterocycles. The first kappa shape index (κ1) is 17.0. The number of aromatic amines is 1. The van der Waals surface area contributed by atoms with E-state index in [1.807, 2.05) is 44.2 Å². The number of aryl methyl sites for hydroxylation is 2. The average molecular weight is 338 g/mol. The molecule has 130 valence electrons. The molecule has 0 aliphatic carbocycles. The van der Waals surface area contributed by atoms with Gasteiger partial charge in [-0.1, -0.05) is 25.1 Å². The molecule has 0 fully saturated rings. The molecule has 0 saturated heterocycles. The third-order valence-electron chi connectivity index (χ3n) is 4.58. The Balaban J connectivity index is 1.80. The summed E-state index contributed by atoms with van der Waals surface area (Å²) in [7, 11) is 1.63. The van der Waals surface area contributed by atoms with Gasteiger partial charge in [0.1, 0.15) is 11.3 Å². The number of pyridine rings is 1. The van der Waals surface area contributed by atoms with Crippen LogP contribution in [0.3, 0.4) is 0 Å². The number of carbonyl (C=O) groups is 1. The van der Waals surface area contributed by atoms with Crippen LogP contribution in [0.4, 0.5) is 0 Å². The van der Waals surface area contributed by atoms with Gasteiger partial charge in [0.15, 0.2) is 0 Å². The van der Waals surface area contributed by atoms with Crippen molar-refractivity contribution in [3.63, 3.8) is 0 Å². The average Bonchev–Trinajstić information content (AvgIpc) is 3.13. The van der Waals surface area contributed by atoms with Gasteiger partial charge in [0.25, 0.3) is 11.5 Å². The fourth-order valence-corrected chi connectivity index (χ4v) is 3.11. The predicted octanol–water partition coefficient (Wildman–Crippen LogP) is 2.79. The Morgan fingerprint density at radius 3 is 2.84 bits per heavy atom. The molecular weight excluding hydrogens is 316 g/mol. The molecule has 0 spiro atoms. The second kappa shape index (κ2) is 6.97. The zero-order valence-electron chi connectivity index (χ0n) is 14.8. The number of nitrogens with zero attached hydrogens (tertiary/aromatic N) is 1. The molecule has 0 radical (unpaired) electrons.